The summed E-state index contributed by atoms with van der Waals surface area (Å²) in [5, 5.41) is 2.45. The molecule has 0 aromatic carbocycles. The second-order valence-electron chi connectivity index (χ2n) is 7.41. The van der Waals surface area contributed by atoms with Crippen molar-refractivity contribution in [2.75, 3.05) is 6.61 Å². The first-order valence-corrected chi connectivity index (χ1v) is 11.0. The number of halogens is 4. The van der Waals surface area contributed by atoms with Gasteiger partial charge < -0.3 is 5.11 Å². The molecule has 0 unspecified atom stereocenters. The molecule has 0 saturated heterocycles. The highest BCUT2D eigenvalue weighted by Crippen LogP contribution is 2.55. The number of alkyl halides is 4. The van der Waals surface area contributed by atoms with Crippen molar-refractivity contribution in [1.82, 2.24) is 4.13 Å². The molecule has 4 saturated carbocycles. The maximum Gasteiger partial charge on any atom is 0.423 e. The first-order chi connectivity index (χ1) is 11.8. The highest BCUT2D eigenvalue weighted by molar-refractivity contribution is 8.03. The predicted molar refractivity (Wildman–Crippen MR) is 79.9 cm³/mol. The molecule has 0 spiro atoms. The zero-order valence-electron chi connectivity index (χ0n) is 13.4. The van der Waals surface area contributed by atoms with Gasteiger partial charge in [-0.05, 0) is 55.8 Å². The van der Waals surface area contributed by atoms with Crippen molar-refractivity contribution >= 4 is 20.3 Å². The molecular formula is C13H19F4NO6S2. The number of nitrogens with one attached hydrogen (secondary N) is 1. The molecule has 26 heavy (non-hydrogen) atoms. The van der Waals surface area contributed by atoms with Crippen LogP contribution in [0.25, 0.3) is 0 Å². The van der Waals surface area contributed by atoms with Gasteiger partial charge in [0.25, 0.3) is 10.0 Å². The van der Waals surface area contributed by atoms with E-state index in [4.69, 9.17) is 9.29 Å². The maximum absolute atomic E-state index is 13.5. The topological polar surface area (TPSA) is 110 Å². The fourth-order valence-electron chi connectivity index (χ4n) is 4.67. The van der Waals surface area contributed by atoms with E-state index < -0.39 is 44.2 Å². The molecule has 152 valence electrons. The van der Waals surface area contributed by atoms with Gasteiger partial charge in [0.15, 0.2) is 0 Å². The van der Waals surface area contributed by atoms with Gasteiger partial charge in [0.1, 0.15) is 6.61 Å². The third-order valence-electron chi connectivity index (χ3n) is 5.55. The van der Waals surface area contributed by atoms with E-state index in [1.807, 2.05) is 0 Å². The van der Waals surface area contributed by atoms with E-state index in [0.29, 0.717) is 41.6 Å². The minimum absolute atomic E-state index is 0.134. The molecule has 13 heteroatoms. The molecule has 7 nitrogen and oxygen atoms in total. The Kier molecular flexibility index (Phi) is 4.87. The first kappa shape index (κ1) is 20.2. The van der Waals surface area contributed by atoms with E-state index >= 15 is 0 Å². The lowest BCUT2D eigenvalue weighted by Gasteiger charge is -2.53. The lowest BCUT2D eigenvalue weighted by Crippen LogP contribution is -2.56. The van der Waals surface area contributed by atoms with Crippen LogP contribution in [-0.2, 0) is 24.5 Å². The number of aliphatic hydroxyl groups excluding tert-OH is 1. The molecule has 0 radical (unpaired) electrons. The summed E-state index contributed by atoms with van der Waals surface area (Å²) in [6.45, 7) is -2.47. The second kappa shape index (κ2) is 6.26. The minimum Gasteiger partial charge on any atom is -0.390 e. The summed E-state index contributed by atoms with van der Waals surface area (Å²) in [7, 11) is -11.6. The van der Waals surface area contributed by atoms with E-state index in [1.165, 1.54) is 0 Å². The lowest BCUT2D eigenvalue weighted by atomic mass is 9.55. The molecule has 4 bridgehead atoms. The van der Waals surface area contributed by atoms with Gasteiger partial charge in [0.05, 0.1) is 6.10 Å². The summed E-state index contributed by atoms with van der Waals surface area (Å²) < 4.78 is 105. The molecule has 0 atom stereocenters. The van der Waals surface area contributed by atoms with Gasteiger partial charge >= 0.3 is 21.5 Å². The Hall–Kier alpha value is -0.500. The second-order valence-corrected chi connectivity index (χ2v) is 10.7. The van der Waals surface area contributed by atoms with Gasteiger partial charge in [-0.2, -0.15) is 26.0 Å². The molecule has 4 aliphatic carbocycles. The molecule has 4 rings (SSSR count). The van der Waals surface area contributed by atoms with Crippen LogP contribution < -0.4 is 4.13 Å². The van der Waals surface area contributed by atoms with Crippen molar-refractivity contribution in [3.63, 3.8) is 0 Å². The van der Waals surface area contributed by atoms with E-state index in [-0.39, 0.29) is 11.8 Å². The Morgan fingerprint density at radius 1 is 0.923 bits per heavy atom. The monoisotopic (exact) mass is 425 g/mol. The first-order valence-electron chi connectivity index (χ1n) is 8.11. The fraction of sp³-hybridized carbons (Fsp3) is 1.00. The number of aliphatic hydroxyl groups is 1. The van der Waals surface area contributed by atoms with Gasteiger partial charge in [-0.15, -0.1) is 0 Å². The SMILES string of the molecule is O=S(=O)(NS(=O)(=O)C(F)(F)C(F)(F)CO)OC1C2CC3CC(C2)CC1C3. The maximum atomic E-state index is 13.5. The predicted octanol–water partition coefficient (Wildman–Crippen LogP) is 1.21. The lowest BCUT2D eigenvalue weighted by molar-refractivity contribution is -0.178. The molecule has 4 aliphatic rings. The minimum atomic E-state index is -6.37. The third kappa shape index (κ3) is 3.36. The van der Waals surface area contributed by atoms with E-state index in [9.17, 15) is 34.4 Å². The van der Waals surface area contributed by atoms with Gasteiger partial charge in [0.2, 0.25) is 0 Å². The van der Waals surface area contributed by atoms with Crippen molar-refractivity contribution in [3.8, 4) is 0 Å². The average Bonchev–Trinajstić information content (AvgIpc) is 2.48. The quantitative estimate of drug-likeness (QED) is 0.594. The summed E-state index contributed by atoms with van der Waals surface area (Å²) in [4.78, 5) is 0. The van der Waals surface area contributed by atoms with Crippen LogP contribution in [0.3, 0.4) is 0 Å². The van der Waals surface area contributed by atoms with E-state index in [0.717, 1.165) is 6.42 Å². The van der Waals surface area contributed by atoms with Crippen molar-refractivity contribution in [1.29, 1.82) is 0 Å². The number of hydrogen-bond acceptors (Lipinski definition) is 6. The van der Waals surface area contributed by atoms with Crippen LogP contribution in [0.1, 0.15) is 32.1 Å². The van der Waals surface area contributed by atoms with Crippen LogP contribution >= 0.6 is 0 Å². The summed E-state index contributed by atoms with van der Waals surface area (Å²) in [5.74, 6) is -4.74. The highest BCUT2D eigenvalue weighted by Gasteiger charge is 2.66. The summed E-state index contributed by atoms with van der Waals surface area (Å²) >= 11 is 0. The molecule has 0 aliphatic heterocycles. The third-order valence-corrected chi connectivity index (χ3v) is 8.70. The Labute approximate surface area is 148 Å². The van der Waals surface area contributed by atoms with E-state index in [2.05, 4.69) is 0 Å². The fourth-order valence-corrected chi connectivity index (χ4v) is 7.39. The number of sulfonamides is 1. The van der Waals surface area contributed by atoms with Crippen molar-refractivity contribution in [2.24, 2.45) is 23.7 Å². The van der Waals surface area contributed by atoms with Crippen LogP contribution in [0.15, 0.2) is 0 Å². The number of rotatable bonds is 7. The zero-order valence-corrected chi connectivity index (χ0v) is 15.1. The standard InChI is InChI=1S/C13H19F4NO6S2/c14-12(15,6-19)13(16,17)25(20,21)18-26(22,23)24-11-9-2-7-1-8(4-9)5-10(11)3-7/h7-11,18-19H,1-6H2. The number of hydrogen-bond donors (Lipinski definition) is 2. The summed E-state index contributed by atoms with van der Waals surface area (Å²) in [6, 6.07) is 0. The van der Waals surface area contributed by atoms with Gasteiger partial charge in [0, 0.05) is 0 Å². The molecular weight excluding hydrogens is 406 g/mol. The zero-order chi connectivity index (χ0) is 19.5. The highest BCUT2D eigenvalue weighted by atomic mass is 32.3. The van der Waals surface area contributed by atoms with Crippen LogP contribution in [0.5, 0.6) is 0 Å². The van der Waals surface area contributed by atoms with Crippen LogP contribution in [0.4, 0.5) is 17.6 Å². The Bertz CT molecular complexity index is 742. The van der Waals surface area contributed by atoms with Crippen LogP contribution in [0.2, 0.25) is 0 Å². The summed E-state index contributed by atoms with van der Waals surface area (Å²) in [6.07, 6.45) is 3.03. The van der Waals surface area contributed by atoms with Crippen molar-refractivity contribution < 1.29 is 43.7 Å². The van der Waals surface area contributed by atoms with Gasteiger partial charge in [-0.25, -0.2) is 8.42 Å². The largest absolute Gasteiger partial charge is 0.423 e. The molecule has 0 aromatic rings. The van der Waals surface area contributed by atoms with Gasteiger partial charge in [-0.1, -0.05) is 4.13 Å². The summed E-state index contributed by atoms with van der Waals surface area (Å²) in [5.41, 5.74) is 0. The van der Waals surface area contributed by atoms with Crippen LogP contribution in [0, 0.1) is 23.7 Å². The van der Waals surface area contributed by atoms with Crippen LogP contribution in [-0.4, -0.2) is 45.8 Å². The average molecular weight is 425 g/mol. The molecule has 0 amide bonds. The smallest absolute Gasteiger partial charge is 0.390 e. The van der Waals surface area contributed by atoms with E-state index in [1.54, 1.807) is 0 Å². The van der Waals surface area contributed by atoms with Crippen molar-refractivity contribution in [2.45, 2.75) is 49.4 Å². The molecule has 4 fully saturated rings. The Balaban J connectivity index is 1.75. The molecule has 0 aromatic heterocycles. The molecule has 2 N–H and O–H groups in total. The Morgan fingerprint density at radius 3 is 1.81 bits per heavy atom. The van der Waals surface area contributed by atoms with Crippen molar-refractivity contribution in [3.05, 3.63) is 0 Å². The Morgan fingerprint density at radius 2 is 1.38 bits per heavy atom. The molecule has 0 heterocycles. The van der Waals surface area contributed by atoms with Gasteiger partial charge in [-0.3, -0.25) is 4.18 Å². The normalized spacial score (nSPS) is 35.0.